The molecule has 2 fully saturated rings. The maximum Gasteiger partial charge on any atom is 0.191 e. The third kappa shape index (κ3) is 6.38. The first-order chi connectivity index (χ1) is 10.7. The molecular weight excluding hydrogens is 403 g/mol. The highest BCUT2D eigenvalue weighted by Gasteiger charge is 2.34. The second kappa shape index (κ2) is 10.7. The zero-order valence-corrected chi connectivity index (χ0v) is 17.4. The molecule has 23 heavy (non-hydrogen) atoms. The molecule has 0 aromatic carbocycles. The van der Waals surface area contributed by atoms with E-state index in [9.17, 15) is 0 Å². The quantitative estimate of drug-likeness (QED) is 0.394. The zero-order chi connectivity index (χ0) is 15.8. The van der Waals surface area contributed by atoms with E-state index in [1.807, 2.05) is 7.05 Å². The second-order valence-corrected chi connectivity index (χ2v) is 7.04. The first-order valence-corrected chi connectivity index (χ1v) is 8.86. The van der Waals surface area contributed by atoms with Crippen molar-refractivity contribution in [2.45, 2.75) is 50.5 Å². The highest BCUT2D eigenvalue weighted by molar-refractivity contribution is 14.0. The number of hydrogen-bond donors (Lipinski definition) is 2. The van der Waals surface area contributed by atoms with Gasteiger partial charge in [0.2, 0.25) is 0 Å². The SMILES string of the molecule is CN=C(NCC1CCOCC1)NCC1(N(C)C)CCCCC1.I. The lowest BCUT2D eigenvalue weighted by molar-refractivity contribution is 0.0674. The van der Waals surface area contributed by atoms with Crippen LogP contribution in [0.5, 0.6) is 0 Å². The third-order valence-corrected chi connectivity index (χ3v) is 5.44. The van der Waals surface area contributed by atoms with Gasteiger partial charge in [-0.25, -0.2) is 0 Å². The molecule has 136 valence electrons. The lowest BCUT2D eigenvalue weighted by Crippen LogP contribution is -2.55. The summed E-state index contributed by atoms with van der Waals surface area (Å²) >= 11 is 0. The molecule has 6 heteroatoms. The maximum atomic E-state index is 5.42. The molecular formula is C17H35IN4O. The van der Waals surface area contributed by atoms with Gasteiger partial charge in [-0.05, 0) is 45.7 Å². The average Bonchev–Trinajstić information content (AvgIpc) is 2.56. The zero-order valence-electron chi connectivity index (χ0n) is 15.1. The summed E-state index contributed by atoms with van der Waals surface area (Å²) in [5.41, 5.74) is 0.286. The van der Waals surface area contributed by atoms with Gasteiger partial charge >= 0.3 is 0 Å². The molecule has 1 saturated carbocycles. The number of halogens is 1. The van der Waals surface area contributed by atoms with Gasteiger partial charge in [0.1, 0.15) is 0 Å². The number of guanidine groups is 1. The van der Waals surface area contributed by atoms with Gasteiger partial charge in [-0.2, -0.15) is 0 Å². The summed E-state index contributed by atoms with van der Waals surface area (Å²) in [5.74, 6) is 1.66. The minimum atomic E-state index is 0. The van der Waals surface area contributed by atoms with Gasteiger partial charge in [0, 0.05) is 38.9 Å². The van der Waals surface area contributed by atoms with E-state index in [1.54, 1.807) is 0 Å². The normalized spacial score (nSPS) is 22.5. The molecule has 2 rings (SSSR count). The van der Waals surface area contributed by atoms with Gasteiger partial charge in [-0.3, -0.25) is 4.99 Å². The van der Waals surface area contributed by atoms with E-state index in [0.717, 1.165) is 45.1 Å². The summed E-state index contributed by atoms with van der Waals surface area (Å²) in [5, 5.41) is 7.07. The van der Waals surface area contributed by atoms with Crippen molar-refractivity contribution in [3.63, 3.8) is 0 Å². The Bertz CT molecular complexity index is 351. The van der Waals surface area contributed by atoms with Crippen LogP contribution in [0.25, 0.3) is 0 Å². The summed E-state index contributed by atoms with van der Waals surface area (Å²) in [4.78, 5) is 6.80. The molecule has 0 spiro atoms. The molecule has 0 radical (unpaired) electrons. The van der Waals surface area contributed by atoms with Crippen molar-refractivity contribution in [1.82, 2.24) is 15.5 Å². The van der Waals surface area contributed by atoms with Crippen LogP contribution in [0.1, 0.15) is 44.9 Å². The van der Waals surface area contributed by atoms with Crippen molar-refractivity contribution >= 4 is 29.9 Å². The van der Waals surface area contributed by atoms with Crippen LogP contribution in [0.4, 0.5) is 0 Å². The van der Waals surface area contributed by atoms with Gasteiger partial charge in [-0.15, -0.1) is 24.0 Å². The number of likely N-dealkylation sites (N-methyl/N-ethyl adjacent to an activating group) is 1. The van der Waals surface area contributed by atoms with Gasteiger partial charge < -0.3 is 20.3 Å². The van der Waals surface area contributed by atoms with Gasteiger partial charge in [0.15, 0.2) is 5.96 Å². The summed E-state index contributed by atoms with van der Waals surface area (Å²) < 4.78 is 5.42. The molecule has 2 aliphatic rings. The largest absolute Gasteiger partial charge is 0.381 e. The Morgan fingerprint density at radius 2 is 1.78 bits per heavy atom. The molecule has 0 aromatic rings. The lowest BCUT2D eigenvalue weighted by atomic mass is 9.80. The van der Waals surface area contributed by atoms with E-state index in [4.69, 9.17) is 4.74 Å². The number of aliphatic imine (C=N–C) groups is 1. The van der Waals surface area contributed by atoms with Crippen LogP contribution in [0.15, 0.2) is 4.99 Å². The van der Waals surface area contributed by atoms with Crippen molar-refractivity contribution in [3.8, 4) is 0 Å². The van der Waals surface area contributed by atoms with Crippen molar-refractivity contribution in [2.75, 3.05) is 47.4 Å². The second-order valence-electron chi connectivity index (χ2n) is 7.04. The Balaban J connectivity index is 0.00000264. The fourth-order valence-corrected chi connectivity index (χ4v) is 3.65. The van der Waals surface area contributed by atoms with Crippen LogP contribution in [0.2, 0.25) is 0 Å². The Kier molecular flexibility index (Phi) is 9.77. The van der Waals surface area contributed by atoms with Crippen molar-refractivity contribution in [1.29, 1.82) is 0 Å². The molecule has 1 aliphatic heterocycles. The van der Waals surface area contributed by atoms with Crippen LogP contribution >= 0.6 is 24.0 Å². The summed E-state index contributed by atoms with van der Waals surface area (Å²) in [6, 6.07) is 0. The average molecular weight is 438 g/mol. The number of nitrogens with zero attached hydrogens (tertiary/aromatic N) is 2. The number of nitrogens with one attached hydrogen (secondary N) is 2. The Morgan fingerprint density at radius 1 is 1.13 bits per heavy atom. The van der Waals surface area contributed by atoms with E-state index in [1.165, 1.54) is 32.1 Å². The molecule has 0 amide bonds. The summed E-state index contributed by atoms with van der Waals surface area (Å²) in [7, 11) is 6.29. The van der Waals surface area contributed by atoms with Crippen molar-refractivity contribution in [2.24, 2.45) is 10.9 Å². The third-order valence-electron chi connectivity index (χ3n) is 5.44. The van der Waals surface area contributed by atoms with Crippen LogP contribution in [0.3, 0.4) is 0 Å². The van der Waals surface area contributed by atoms with E-state index in [0.29, 0.717) is 5.92 Å². The lowest BCUT2D eigenvalue weighted by Gasteiger charge is -2.43. The molecule has 1 heterocycles. The fraction of sp³-hybridized carbons (Fsp3) is 0.941. The monoisotopic (exact) mass is 438 g/mol. The Labute approximate surface area is 159 Å². The van der Waals surface area contributed by atoms with Crippen LogP contribution < -0.4 is 10.6 Å². The number of rotatable bonds is 5. The van der Waals surface area contributed by atoms with Crippen LogP contribution in [0, 0.1) is 5.92 Å². The first kappa shape index (κ1) is 21.0. The van der Waals surface area contributed by atoms with E-state index < -0.39 is 0 Å². The van der Waals surface area contributed by atoms with Crippen molar-refractivity contribution in [3.05, 3.63) is 0 Å². The highest BCUT2D eigenvalue weighted by Crippen LogP contribution is 2.31. The van der Waals surface area contributed by atoms with Crippen molar-refractivity contribution < 1.29 is 4.74 Å². The van der Waals surface area contributed by atoms with Crippen LogP contribution in [-0.2, 0) is 4.74 Å². The Hall–Kier alpha value is -0.0800. The summed E-state index contributed by atoms with van der Waals surface area (Å²) in [6.07, 6.45) is 8.94. The first-order valence-electron chi connectivity index (χ1n) is 8.86. The molecule has 1 saturated heterocycles. The highest BCUT2D eigenvalue weighted by atomic mass is 127. The smallest absolute Gasteiger partial charge is 0.191 e. The molecule has 5 nitrogen and oxygen atoms in total. The predicted octanol–water partition coefficient (Wildman–Crippen LogP) is 2.46. The minimum absolute atomic E-state index is 0. The minimum Gasteiger partial charge on any atom is -0.381 e. The Morgan fingerprint density at radius 3 is 2.35 bits per heavy atom. The van der Waals surface area contributed by atoms with Gasteiger partial charge in [0.05, 0.1) is 0 Å². The molecule has 0 bridgehead atoms. The van der Waals surface area contributed by atoms with E-state index in [-0.39, 0.29) is 29.5 Å². The summed E-state index contributed by atoms with van der Waals surface area (Å²) in [6.45, 7) is 3.79. The predicted molar refractivity (Wildman–Crippen MR) is 108 cm³/mol. The topological polar surface area (TPSA) is 48.9 Å². The number of ether oxygens (including phenoxy) is 1. The molecule has 0 unspecified atom stereocenters. The maximum absolute atomic E-state index is 5.42. The van der Waals surface area contributed by atoms with Gasteiger partial charge in [-0.1, -0.05) is 19.3 Å². The number of hydrogen-bond acceptors (Lipinski definition) is 3. The molecule has 2 N–H and O–H groups in total. The standard InChI is InChI=1S/C17H34N4O.HI/c1-18-16(19-13-15-7-11-22-12-8-15)20-14-17(21(2)3)9-5-4-6-10-17;/h15H,4-14H2,1-3H3,(H2,18,19,20);1H. The fourth-order valence-electron chi connectivity index (χ4n) is 3.65. The van der Waals surface area contributed by atoms with E-state index in [2.05, 4.69) is 34.6 Å². The van der Waals surface area contributed by atoms with Crippen LogP contribution in [-0.4, -0.2) is 63.8 Å². The van der Waals surface area contributed by atoms with Gasteiger partial charge in [0.25, 0.3) is 0 Å². The molecule has 0 atom stereocenters. The molecule has 0 aromatic heterocycles. The van der Waals surface area contributed by atoms with E-state index >= 15 is 0 Å². The molecule has 1 aliphatic carbocycles.